The lowest BCUT2D eigenvalue weighted by Gasteiger charge is -2.10. The number of hydrogen-bond donors (Lipinski definition) is 2. The smallest absolute Gasteiger partial charge is 0.337 e. The first kappa shape index (κ1) is 14.9. The molecule has 0 fully saturated rings. The molecule has 0 aliphatic heterocycles. The molecule has 1 aromatic carbocycles. The van der Waals surface area contributed by atoms with E-state index in [0.717, 1.165) is 22.4 Å². The number of nitrogen functional groups attached to an aromatic ring is 1. The highest BCUT2D eigenvalue weighted by Gasteiger charge is 2.07. The Morgan fingerprint density at radius 1 is 1.40 bits per heavy atom. The van der Waals surface area contributed by atoms with Crippen LogP contribution in [0.5, 0.6) is 0 Å². The fourth-order valence-electron chi connectivity index (χ4n) is 1.78. The van der Waals surface area contributed by atoms with E-state index in [1.54, 1.807) is 29.5 Å². The average molecular weight is 355 g/mol. The summed E-state index contributed by atoms with van der Waals surface area (Å²) < 4.78 is 5.79. The number of ether oxygens (including phenoxy) is 1. The first-order valence-electron chi connectivity index (χ1n) is 6.06. The van der Waals surface area contributed by atoms with Gasteiger partial charge in [-0.05, 0) is 52.7 Å². The number of nitrogens with one attached hydrogen (secondary N) is 1. The monoisotopic (exact) mass is 354 g/mol. The van der Waals surface area contributed by atoms with Crippen molar-refractivity contribution in [1.82, 2.24) is 0 Å². The third-order valence-corrected chi connectivity index (χ3v) is 4.47. The van der Waals surface area contributed by atoms with Gasteiger partial charge in [0.25, 0.3) is 0 Å². The SMILES string of the molecule is COC(=O)c1ccc(NCCc2ccc(Br)s2)c(N)c1. The van der Waals surface area contributed by atoms with Crippen LogP contribution >= 0.6 is 27.3 Å². The largest absolute Gasteiger partial charge is 0.465 e. The second-order valence-electron chi connectivity index (χ2n) is 4.18. The number of halogens is 1. The number of esters is 1. The Morgan fingerprint density at radius 3 is 2.80 bits per heavy atom. The molecule has 0 aliphatic carbocycles. The zero-order valence-electron chi connectivity index (χ0n) is 11.0. The minimum atomic E-state index is -0.383. The summed E-state index contributed by atoms with van der Waals surface area (Å²) in [6.45, 7) is 0.786. The molecule has 0 unspecified atom stereocenters. The van der Waals surface area contributed by atoms with Crippen LogP contribution < -0.4 is 11.1 Å². The number of rotatable bonds is 5. The van der Waals surface area contributed by atoms with Crippen LogP contribution in [0.15, 0.2) is 34.1 Å². The minimum Gasteiger partial charge on any atom is -0.465 e. The van der Waals surface area contributed by atoms with Crippen LogP contribution in [0.3, 0.4) is 0 Å². The number of thiophene rings is 1. The van der Waals surface area contributed by atoms with Crippen molar-refractivity contribution in [2.24, 2.45) is 0 Å². The molecule has 0 amide bonds. The molecule has 106 valence electrons. The molecule has 4 nitrogen and oxygen atoms in total. The summed E-state index contributed by atoms with van der Waals surface area (Å²) in [5, 5.41) is 3.27. The van der Waals surface area contributed by atoms with Gasteiger partial charge in [0.1, 0.15) is 0 Å². The second-order valence-corrected chi connectivity index (χ2v) is 6.72. The minimum absolute atomic E-state index is 0.383. The summed E-state index contributed by atoms with van der Waals surface area (Å²) in [4.78, 5) is 12.7. The molecular formula is C14H15BrN2O2S. The Balaban J connectivity index is 1.94. The Kier molecular flexibility index (Phi) is 5.03. The molecule has 1 heterocycles. The molecule has 2 aromatic rings. The van der Waals surface area contributed by atoms with E-state index in [4.69, 9.17) is 5.73 Å². The molecule has 0 saturated carbocycles. The maximum Gasteiger partial charge on any atom is 0.337 e. The van der Waals surface area contributed by atoms with Crippen molar-refractivity contribution < 1.29 is 9.53 Å². The third-order valence-electron chi connectivity index (χ3n) is 2.79. The number of carbonyl (C=O) groups excluding carboxylic acids is 1. The Hall–Kier alpha value is -1.53. The molecule has 3 N–H and O–H groups in total. The van der Waals surface area contributed by atoms with Gasteiger partial charge in [0.2, 0.25) is 0 Å². The normalized spacial score (nSPS) is 10.3. The van der Waals surface area contributed by atoms with Gasteiger partial charge in [0, 0.05) is 11.4 Å². The molecule has 0 saturated heterocycles. The van der Waals surface area contributed by atoms with E-state index in [9.17, 15) is 4.79 Å². The van der Waals surface area contributed by atoms with Gasteiger partial charge in [-0.1, -0.05) is 0 Å². The number of anilines is 2. The van der Waals surface area contributed by atoms with Crippen LogP contribution in [0.4, 0.5) is 11.4 Å². The van der Waals surface area contributed by atoms with Gasteiger partial charge in [0.15, 0.2) is 0 Å². The van der Waals surface area contributed by atoms with Gasteiger partial charge < -0.3 is 15.8 Å². The van der Waals surface area contributed by atoms with Crippen LogP contribution in [0, 0.1) is 0 Å². The molecule has 0 spiro atoms. The zero-order chi connectivity index (χ0) is 14.5. The van der Waals surface area contributed by atoms with Crippen LogP contribution in [0.1, 0.15) is 15.2 Å². The lowest BCUT2D eigenvalue weighted by molar-refractivity contribution is 0.0601. The van der Waals surface area contributed by atoms with Crippen molar-refractivity contribution in [3.05, 3.63) is 44.6 Å². The van der Waals surface area contributed by atoms with E-state index in [1.807, 2.05) is 6.07 Å². The fourth-order valence-corrected chi connectivity index (χ4v) is 3.26. The van der Waals surface area contributed by atoms with Crippen LogP contribution in [0.2, 0.25) is 0 Å². The van der Waals surface area contributed by atoms with E-state index in [-0.39, 0.29) is 5.97 Å². The third kappa shape index (κ3) is 3.74. The highest BCUT2D eigenvalue weighted by molar-refractivity contribution is 9.11. The standard InChI is InChI=1S/C14H15BrN2O2S/c1-19-14(18)9-2-4-12(11(16)8-9)17-7-6-10-3-5-13(15)20-10/h2-5,8,17H,6-7,16H2,1H3. The quantitative estimate of drug-likeness (QED) is 0.636. The number of methoxy groups -OCH3 is 1. The molecule has 0 aliphatic rings. The number of nitrogens with two attached hydrogens (primary N) is 1. The topological polar surface area (TPSA) is 64.3 Å². The van der Waals surface area contributed by atoms with Gasteiger partial charge in [0.05, 0.1) is 27.8 Å². The molecule has 0 bridgehead atoms. The molecular weight excluding hydrogens is 340 g/mol. The van der Waals surface area contributed by atoms with Crippen molar-refractivity contribution in [2.45, 2.75) is 6.42 Å². The van der Waals surface area contributed by atoms with Gasteiger partial charge in [-0.25, -0.2) is 4.79 Å². The molecule has 20 heavy (non-hydrogen) atoms. The zero-order valence-corrected chi connectivity index (χ0v) is 13.4. The van der Waals surface area contributed by atoms with E-state index in [0.29, 0.717) is 11.3 Å². The fraction of sp³-hybridized carbons (Fsp3) is 0.214. The Labute approximate surface area is 130 Å². The van der Waals surface area contributed by atoms with Crippen molar-refractivity contribution in [3.8, 4) is 0 Å². The first-order chi connectivity index (χ1) is 9.60. The number of hydrogen-bond acceptors (Lipinski definition) is 5. The highest BCUT2D eigenvalue weighted by atomic mass is 79.9. The van der Waals surface area contributed by atoms with Gasteiger partial charge in [-0.3, -0.25) is 0 Å². The molecule has 0 radical (unpaired) electrons. The Morgan fingerprint density at radius 2 is 2.20 bits per heavy atom. The predicted molar refractivity (Wildman–Crippen MR) is 86.4 cm³/mol. The van der Waals surface area contributed by atoms with Crippen molar-refractivity contribution in [3.63, 3.8) is 0 Å². The lowest BCUT2D eigenvalue weighted by Crippen LogP contribution is -2.08. The van der Waals surface area contributed by atoms with E-state index in [2.05, 4.69) is 32.0 Å². The van der Waals surface area contributed by atoms with Gasteiger partial charge in [-0.15, -0.1) is 11.3 Å². The van der Waals surface area contributed by atoms with Crippen LogP contribution in [-0.4, -0.2) is 19.6 Å². The summed E-state index contributed by atoms with van der Waals surface area (Å²) in [7, 11) is 1.35. The van der Waals surface area contributed by atoms with Crippen molar-refractivity contribution in [1.29, 1.82) is 0 Å². The molecule has 6 heteroatoms. The van der Waals surface area contributed by atoms with E-state index in [1.165, 1.54) is 12.0 Å². The van der Waals surface area contributed by atoms with Crippen molar-refractivity contribution in [2.75, 3.05) is 24.7 Å². The first-order valence-corrected chi connectivity index (χ1v) is 7.67. The van der Waals surface area contributed by atoms with E-state index < -0.39 is 0 Å². The van der Waals surface area contributed by atoms with Crippen molar-refractivity contribution >= 4 is 44.6 Å². The predicted octanol–water partition coefficient (Wildman–Crippen LogP) is 3.53. The average Bonchev–Trinajstić information content (AvgIpc) is 2.85. The second kappa shape index (κ2) is 6.76. The van der Waals surface area contributed by atoms with Crippen LogP contribution in [0.25, 0.3) is 0 Å². The molecule has 2 rings (SSSR count). The van der Waals surface area contributed by atoms with Crippen LogP contribution in [-0.2, 0) is 11.2 Å². The summed E-state index contributed by atoms with van der Waals surface area (Å²) in [6.07, 6.45) is 0.925. The lowest BCUT2D eigenvalue weighted by atomic mass is 10.1. The summed E-state index contributed by atoms with van der Waals surface area (Å²) in [6, 6.07) is 9.26. The molecule has 0 atom stereocenters. The number of carbonyl (C=O) groups is 1. The number of benzene rings is 1. The summed E-state index contributed by atoms with van der Waals surface area (Å²) in [5.41, 5.74) is 7.75. The maximum atomic E-state index is 11.4. The van der Waals surface area contributed by atoms with Gasteiger partial charge in [-0.2, -0.15) is 0 Å². The summed E-state index contributed by atoms with van der Waals surface area (Å²) >= 11 is 5.16. The Bertz CT molecular complexity index is 613. The highest BCUT2D eigenvalue weighted by Crippen LogP contribution is 2.23. The van der Waals surface area contributed by atoms with Gasteiger partial charge >= 0.3 is 5.97 Å². The summed E-state index contributed by atoms with van der Waals surface area (Å²) in [5.74, 6) is -0.383. The molecule has 1 aromatic heterocycles. The van der Waals surface area contributed by atoms with E-state index >= 15 is 0 Å². The maximum absolute atomic E-state index is 11.4.